The molecule has 0 atom stereocenters. The monoisotopic (exact) mass is 264 g/mol. The number of anilines is 1. The Bertz CT molecular complexity index is 449. The number of aryl methyl sites for hydroxylation is 1. The number of hydrogen-bond donors (Lipinski definition) is 1. The molecule has 0 bridgehead atoms. The maximum Gasteiger partial charge on any atom is 0.250 e. The first-order valence-corrected chi connectivity index (χ1v) is 7.09. The molecule has 0 aromatic carbocycles. The van der Waals surface area contributed by atoms with Gasteiger partial charge in [0, 0.05) is 50.7 Å². The minimum atomic E-state index is 0.0324. The van der Waals surface area contributed by atoms with E-state index >= 15 is 0 Å². The molecule has 0 aliphatic carbocycles. The summed E-state index contributed by atoms with van der Waals surface area (Å²) in [6.07, 6.45) is 2.73. The molecule has 0 saturated carbocycles. The molecular formula is C14H24N4O. The Hall–Kier alpha value is -1.33. The van der Waals surface area contributed by atoms with E-state index in [9.17, 15) is 4.79 Å². The fraction of sp³-hybridized carbons (Fsp3) is 0.643. The Balaban J connectivity index is 1.75. The smallest absolute Gasteiger partial charge is 0.250 e. The van der Waals surface area contributed by atoms with Crippen molar-refractivity contribution in [3.63, 3.8) is 0 Å². The van der Waals surface area contributed by atoms with Crippen LogP contribution in [0, 0.1) is 0 Å². The zero-order valence-corrected chi connectivity index (χ0v) is 11.7. The van der Waals surface area contributed by atoms with Crippen LogP contribution in [0.4, 0.5) is 5.69 Å². The maximum atomic E-state index is 11.6. The summed E-state index contributed by atoms with van der Waals surface area (Å²) >= 11 is 0. The molecule has 5 nitrogen and oxygen atoms in total. The summed E-state index contributed by atoms with van der Waals surface area (Å²) in [7, 11) is 0. The maximum absolute atomic E-state index is 11.6. The van der Waals surface area contributed by atoms with Crippen LogP contribution in [0.2, 0.25) is 0 Å². The first kappa shape index (κ1) is 14.1. The van der Waals surface area contributed by atoms with Crippen molar-refractivity contribution in [3.8, 4) is 0 Å². The molecule has 2 N–H and O–H groups in total. The lowest BCUT2D eigenvalue weighted by Crippen LogP contribution is -2.46. The topological polar surface area (TPSA) is 54.5 Å². The molecule has 5 heteroatoms. The number of nitrogens with zero attached hydrogens (tertiary/aromatic N) is 3. The Morgan fingerprint density at radius 2 is 1.79 bits per heavy atom. The molecule has 2 rings (SSSR count). The zero-order chi connectivity index (χ0) is 13.7. The fourth-order valence-corrected chi connectivity index (χ4v) is 2.52. The van der Waals surface area contributed by atoms with Crippen LogP contribution in [-0.2, 0) is 6.54 Å². The minimum absolute atomic E-state index is 0.0324. The van der Waals surface area contributed by atoms with Crippen molar-refractivity contribution in [2.45, 2.75) is 19.9 Å². The van der Waals surface area contributed by atoms with Crippen LogP contribution < -0.4 is 11.3 Å². The standard InChI is InChI=1S/C14H24N4O/c1-2-16-8-10-17(11-9-16)6-3-7-18-12-13(15)4-5-14(18)19/h4-5,12H,2-3,6-11,15H2,1H3. The summed E-state index contributed by atoms with van der Waals surface area (Å²) in [5, 5.41) is 0. The molecule has 19 heavy (non-hydrogen) atoms. The predicted molar refractivity (Wildman–Crippen MR) is 78.3 cm³/mol. The number of aromatic nitrogens is 1. The summed E-state index contributed by atoms with van der Waals surface area (Å²) in [5.41, 5.74) is 6.38. The molecule has 0 amide bonds. The van der Waals surface area contributed by atoms with E-state index < -0.39 is 0 Å². The number of piperazine rings is 1. The SMILES string of the molecule is CCN1CCN(CCCn2cc(N)ccc2=O)CC1. The van der Waals surface area contributed by atoms with Gasteiger partial charge in [0.15, 0.2) is 0 Å². The van der Waals surface area contributed by atoms with Crippen LogP contribution in [-0.4, -0.2) is 53.6 Å². The second kappa shape index (κ2) is 6.73. The van der Waals surface area contributed by atoms with Crippen LogP contribution in [0.3, 0.4) is 0 Å². The first-order valence-electron chi connectivity index (χ1n) is 7.09. The number of nitrogen functional groups attached to an aromatic ring is 1. The average molecular weight is 264 g/mol. The fourth-order valence-electron chi connectivity index (χ4n) is 2.52. The Kier molecular flexibility index (Phi) is 4.99. The molecule has 1 aliphatic heterocycles. The Morgan fingerprint density at radius 1 is 1.11 bits per heavy atom. The number of likely N-dealkylation sites (N-methyl/N-ethyl adjacent to an activating group) is 1. The van der Waals surface area contributed by atoms with E-state index in [-0.39, 0.29) is 5.56 Å². The number of hydrogen-bond acceptors (Lipinski definition) is 4. The van der Waals surface area contributed by atoms with Crippen molar-refractivity contribution >= 4 is 5.69 Å². The molecule has 1 fully saturated rings. The highest BCUT2D eigenvalue weighted by molar-refractivity contribution is 5.33. The largest absolute Gasteiger partial charge is 0.398 e. The van der Waals surface area contributed by atoms with Crippen molar-refractivity contribution in [2.24, 2.45) is 0 Å². The highest BCUT2D eigenvalue weighted by atomic mass is 16.1. The molecule has 0 spiro atoms. The number of nitrogens with two attached hydrogens (primary N) is 1. The van der Waals surface area contributed by atoms with E-state index in [1.165, 1.54) is 6.07 Å². The summed E-state index contributed by atoms with van der Waals surface area (Å²) in [4.78, 5) is 16.6. The van der Waals surface area contributed by atoms with E-state index in [0.717, 1.165) is 52.2 Å². The molecule has 1 saturated heterocycles. The normalized spacial score (nSPS) is 17.7. The van der Waals surface area contributed by atoms with E-state index in [1.807, 2.05) is 0 Å². The molecule has 1 aromatic heterocycles. The van der Waals surface area contributed by atoms with E-state index in [4.69, 9.17) is 5.73 Å². The summed E-state index contributed by atoms with van der Waals surface area (Å²) in [5.74, 6) is 0. The van der Waals surface area contributed by atoms with E-state index in [1.54, 1.807) is 16.8 Å². The van der Waals surface area contributed by atoms with Crippen LogP contribution in [0.5, 0.6) is 0 Å². The van der Waals surface area contributed by atoms with Crippen LogP contribution in [0.25, 0.3) is 0 Å². The van der Waals surface area contributed by atoms with Gasteiger partial charge >= 0.3 is 0 Å². The van der Waals surface area contributed by atoms with Crippen LogP contribution in [0.1, 0.15) is 13.3 Å². The van der Waals surface area contributed by atoms with Crippen molar-refractivity contribution in [1.29, 1.82) is 0 Å². The Labute approximate surface area is 114 Å². The highest BCUT2D eigenvalue weighted by Crippen LogP contribution is 2.03. The van der Waals surface area contributed by atoms with Crippen molar-refractivity contribution in [1.82, 2.24) is 14.4 Å². The second-order valence-electron chi connectivity index (χ2n) is 5.12. The van der Waals surface area contributed by atoms with Crippen LogP contribution in [0.15, 0.2) is 23.1 Å². The van der Waals surface area contributed by atoms with E-state index in [2.05, 4.69) is 16.7 Å². The quantitative estimate of drug-likeness (QED) is 0.839. The molecule has 0 radical (unpaired) electrons. The lowest BCUT2D eigenvalue weighted by molar-refractivity contribution is 0.135. The van der Waals surface area contributed by atoms with Gasteiger partial charge < -0.3 is 20.1 Å². The zero-order valence-electron chi connectivity index (χ0n) is 11.7. The molecule has 0 unspecified atom stereocenters. The molecule has 1 aromatic rings. The first-order chi connectivity index (χ1) is 9.19. The van der Waals surface area contributed by atoms with Gasteiger partial charge in [0.1, 0.15) is 0 Å². The second-order valence-corrected chi connectivity index (χ2v) is 5.12. The lowest BCUT2D eigenvalue weighted by atomic mass is 10.3. The molecule has 106 valence electrons. The molecular weight excluding hydrogens is 240 g/mol. The number of rotatable bonds is 5. The van der Waals surface area contributed by atoms with E-state index in [0.29, 0.717) is 5.69 Å². The van der Waals surface area contributed by atoms with Gasteiger partial charge in [-0.25, -0.2) is 0 Å². The number of pyridine rings is 1. The van der Waals surface area contributed by atoms with Gasteiger partial charge in [0.05, 0.1) is 0 Å². The van der Waals surface area contributed by atoms with Crippen LogP contribution >= 0.6 is 0 Å². The Morgan fingerprint density at radius 3 is 2.47 bits per heavy atom. The van der Waals surface area contributed by atoms with Gasteiger partial charge in [0.25, 0.3) is 5.56 Å². The van der Waals surface area contributed by atoms with Gasteiger partial charge in [-0.2, -0.15) is 0 Å². The molecule has 2 heterocycles. The average Bonchev–Trinajstić information content (AvgIpc) is 2.43. The van der Waals surface area contributed by atoms with Gasteiger partial charge in [-0.3, -0.25) is 4.79 Å². The minimum Gasteiger partial charge on any atom is -0.398 e. The van der Waals surface area contributed by atoms with Crippen molar-refractivity contribution in [2.75, 3.05) is 45.0 Å². The predicted octanol–water partition coefficient (Wildman–Crippen LogP) is 0.458. The van der Waals surface area contributed by atoms with Crippen molar-refractivity contribution in [3.05, 3.63) is 28.7 Å². The van der Waals surface area contributed by atoms with Gasteiger partial charge in [0.2, 0.25) is 0 Å². The molecule has 1 aliphatic rings. The summed E-state index contributed by atoms with van der Waals surface area (Å²) in [6, 6.07) is 3.19. The third-order valence-electron chi connectivity index (χ3n) is 3.79. The van der Waals surface area contributed by atoms with Gasteiger partial charge in [-0.1, -0.05) is 6.92 Å². The highest BCUT2D eigenvalue weighted by Gasteiger charge is 2.14. The summed E-state index contributed by atoms with van der Waals surface area (Å²) < 4.78 is 1.71. The third-order valence-corrected chi connectivity index (χ3v) is 3.79. The van der Waals surface area contributed by atoms with Gasteiger partial charge in [-0.05, 0) is 25.6 Å². The van der Waals surface area contributed by atoms with Gasteiger partial charge in [-0.15, -0.1) is 0 Å². The summed E-state index contributed by atoms with van der Waals surface area (Å²) in [6.45, 7) is 9.76. The third kappa shape index (κ3) is 4.08. The van der Waals surface area contributed by atoms with Crippen molar-refractivity contribution < 1.29 is 0 Å². The lowest BCUT2D eigenvalue weighted by Gasteiger charge is -2.34.